The van der Waals surface area contributed by atoms with Gasteiger partial charge >= 0.3 is 12.0 Å². The molecule has 0 aliphatic heterocycles. The Morgan fingerprint density at radius 2 is 2.11 bits per heavy atom. The fourth-order valence-electron chi connectivity index (χ4n) is 1.26. The first-order chi connectivity index (χ1) is 8.93. The second kappa shape index (κ2) is 6.88. The van der Waals surface area contributed by atoms with Gasteiger partial charge in [-0.3, -0.25) is 4.79 Å². The Kier molecular flexibility index (Phi) is 5.49. The third-order valence-electron chi connectivity index (χ3n) is 2.07. The van der Waals surface area contributed by atoms with Gasteiger partial charge < -0.3 is 15.3 Å². The molecule has 0 heterocycles. The number of urea groups is 1. The van der Waals surface area contributed by atoms with Crippen molar-refractivity contribution in [2.45, 2.75) is 0 Å². The zero-order valence-electron chi connectivity index (χ0n) is 9.69. The zero-order chi connectivity index (χ0) is 14.4. The van der Waals surface area contributed by atoms with Crippen molar-refractivity contribution in [1.82, 2.24) is 4.90 Å². The van der Waals surface area contributed by atoms with Crippen LogP contribution in [0.15, 0.2) is 18.2 Å². The van der Waals surface area contributed by atoms with E-state index < -0.39 is 18.5 Å². The molecule has 19 heavy (non-hydrogen) atoms. The van der Waals surface area contributed by atoms with E-state index in [9.17, 15) is 9.59 Å². The minimum Gasteiger partial charge on any atom is -0.480 e. The van der Waals surface area contributed by atoms with Gasteiger partial charge in [-0.15, -0.1) is 6.42 Å². The molecular formula is C12H10Cl2N2O3. The van der Waals surface area contributed by atoms with Crippen molar-refractivity contribution in [3.63, 3.8) is 0 Å². The van der Waals surface area contributed by atoms with Gasteiger partial charge in [-0.25, -0.2) is 4.79 Å². The smallest absolute Gasteiger partial charge is 0.323 e. The summed E-state index contributed by atoms with van der Waals surface area (Å²) >= 11 is 11.6. The minimum atomic E-state index is -1.16. The van der Waals surface area contributed by atoms with Gasteiger partial charge in [-0.1, -0.05) is 29.1 Å². The van der Waals surface area contributed by atoms with Crippen LogP contribution in [0.5, 0.6) is 0 Å². The van der Waals surface area contributed by atoms with E-state index in [0.717, 1.165) is 4.90 Å². The fourth-order valence-corrected chi connectivity index (χ4v) is 1.71. The SMILES string of the molecule is C#CCN(CC(=O)O)C(=O)Nc1ccc(Cl)cc1Cl. The number of carbonyl (C=O) groups excluding carboxylic acids is 1. The van der Waals surface area contributed by atoms with Crippen LogP contribution in [0.3, 0.4) is 0 Å². The van der Waals surface area contributed by atoms with Crippen LogP contribution in [0, 0.1) is 12.3 Å². The van der Waals surface area contributed by atoms with E-state index in [0.29, 0.717) is 10.7 Å². The first kappa shape index (κ1) is 15.2. The molecule has 1 aromatic carbocycles. The normalized spacial score (nSPS) is 9.53. The molecule has 0 atom stereocenters. The van der Waals surface area contributed by atoms with Crippen LogP contribution in [-0.4, -0.2) is 35.1 Å². The number of carboxylic acid groups (broad SMARTS) is 1. The second-order valence-electron chi connectivity index (χ2n) is 3.51. The van der Waals surface area contributed by atoms with Crippen molar-refractivity contribution < 1.29 is 14.7 Å². The number of halogens is 2. The summed E-state index contributed by atoms with van der Waals surface area (Å²) in [5.74, 6) is 1.05. The molecular weight excluding hydrogens is 291 g/mol. The first-order valence-electron chi connectivity index (χ1n) is 5.10. The topological polar surface area (TPSA) is 69.6 Å². The van der Waals surface area contributed by atoms with Gasteiger partial charge in [0.2, 0.25) is 0 Å². The third-order valence-corrected chi connectivity index (χ3v) is 2.62. The van der Waals surface area contributed by atoms with Crippen LogP contribution in [0.25, 0.3) is 0 Å². The van der Waals surface area contributed by atoms with Crippen molar-refractivity contribution in [2.24, 2.45) is 0 Å². The lowest BCUT2D eigenvalue weighted by atomic mass is 10.3. The number of amides is 2. The minimum absolute atomic E-state index is 0.122. The summed E-state index contributed by atoms with van der Waals surface area (Å²) in [6, 6.07) is 3.87. The Balaban J connectivity index is 2.81. The Morgan fingerprint density at radius 1 is 1.42 bits per heavy atom. The second-order valence-corrected chi connectivity index (χ2v) is 4.35. The lowest BCUT2D eigenvalue weighted by molar-refractivity contribution is -0.137. The van der Waals surface area contributed by atoms with E-state index in [1.807, 2.05) is 0 Å². The average Bonchev–Trinajstić information content (AvgIpc) is 2.31. The number of nitrogens with zero attached hydrogens (tertiary/aromatic N) is 1. The summed E-state index contributed by atoms with van der Waals surface area (Å²) in [5.41, 5.74) is 0.323. The van der Waals surface area contributed by atoms with Gasteiger partial charge in [0.05, 0.1) is 17.3 Å². The van der Waals surface area contributed by atoms with E-state index in [-0.39, 0.29) is 11.6 Å². The highest BCUT2D eigenvalue weighted by atomic mass is 35.5. The molecule has 0 fully saturated rings. The molecule has 1 aromatic rings. The van der Waals surface area contributed by atoms with Crippen LogP contribution in [0.2, 0.25) is 10.0 Å². The maximum Gasteiger partial charge on any atom is 0.323 e. The summed E-state index contributed by atoms with van der Waals surface area (Å²) in [5, 5.41) is 11.8. The molecule has 0 bridgehead atoms. The standard InChI is InChI=1S/C12H10Cl2N2O3/c1-2-5-16(7-11(17)18)12(19)15-10-4-3-8(13)6-9(10)14/h1,3-4,6H,5,7H2,(H,15,19)(H,17,18). The number of carbonyl (C=O) groups is 2. The van der Waals surface area contributed by atoms with Gasteiger partial charge in [0.1, 0.15) is 6.54 Å². The summed E-state index contributed by atoms with van der Waals surface area (Å²) in [6.07, 6.45) is 5.08. The van der Waals surface area contributed by atoms with E-state index in [1.165, 1.54) is 12.1 Å². The number of benzene rings is 1. The number of nitrogens with one attached hydrogen (secondary N) is 1. The number of hydrogen-bond donors (Lipinski definition) is 2. The van der Waals surface area contributed by atoms with Crippen molar-refractivity contribution in [3.05, 3.63) is 28.2 Å². The summed E-state index contributed by atoms with van der Waals surface area (Å²) in [6.45, 7) is -0.620. The average molecular weight is 301 g/mol. The van der Waals surface area contributed by atoms with E-state index in [4.69, 9.17) is 34.7 Å². The van der Waals surface area contributed by atoms with E-state index >= 15 is 0 Å². The van der Waals surface area contributed by atoms with Crippen molar-refractivity contribution in [3.8, 4) is 12.3 Å². The highest BCUT2D eigenvalue weighted by Gasteiger charge is 2.16. The predicted molar refractivity (Wildman–Crippen MR) is 73.5 cm³/mol. The molecule has 2 N–H and O–H groups in total. The highest BCUT2D eigenvalue weighted by molar-refractivity contribution is 6.36. The molecule has 100 valence electrons. The monoisotopic (exact) mass is 300 g/mol. The highest BCUT2D eigenvalue weighted by Crippen LogP contribution is 2.25. The molecule has 1 rings (SSSR count). The largest absolute Gasteiger partial charge is 0.480 e. The number of terminal acetylenes is 1. The molecule has 0 aliphatic carbocycles. The van der Waals surface area contributed by atoms with Crippen LogP contribution in [0.4, 0.5) is 10.5 Å². The van der Waals surface area contributed by atoms with Gasteiger partial charge in [0.25, 0.3) is 0 Å². The van der Waals surface area contributed by atoms with Gasteiger partial charge in [-0.2, -0.15) is 0 Å². The van der Waals surface area contributed by atoms with Crippen molar-refractivity contribution >= 4 is 40.9 Å². The molecule has 7 heteroatoms. The Labute approximate surface area is 120 Å². The van der Waals surface area contributed by atoms with Crippen LogP contribution < -0.4 is 5.32 Å². The molecule has 0 unspecified atom stereocenters. The number of rotatable bonds is 4. The number of aliphatic carboxylic acids is 1. The summed E-state index contributed by atoms with van der Waals surface area (Å²) in [4.78, 5) is 23.4. The molecule has 0 radical (unpaired) electrons. The third kappa shape index (κ3) is 4.70. The van der Waals surface area contributed by atoms with E-state index in [1.54, 1.807) is 6.07 Å². The van der Waals surface area contributed by atoms with Gasteiger partial charge in [0.15, 0.2) is 0 Å². The molecule has 0 saturated heterocycles. The Morgan fingerprint density at radius 3 is 2.63 bits per heavy atom. The maximum atomic E-state index is 11.8. The summed E-state index contributed by atoms with van der Waals surface area (Å²) < 4.78 is 0. The van der Waals surface area contributed by atoms with E-state index in [2.05, 4.69) is 11.2 Å². The maximum absolute atomic E-state index is 11.8. The van der Waals surface area contributed by atoms with Crippen LogP contribution in [0.1, 0.15) is 0 Å². The predicted octanol–water partition coefficient (Wildman–Crippen LogP) is 2.55. The number of carboxylic acids is 1. The lowest BCUT2D eigenvalue weighted by Gasteiger charge is -2.19. The lowest BCUT2D eigenvalue weighted by Crippen LogP contribution is -2.39. The van der Waals surface area contributed by atoms with Crippen molar-refractivity contribution in [2.75, 3.05) is 18.4 Å². The van der Waals surface area contributed by atoms with Crippen LogP contribution >= 0.6 is 23.2 Å². The van der Waals surface area contributed by atoms with Gasteiger partial charge in [0, 0.05) is 5.02 Å². The number of anilines is 1. The zero-order valence-corrected chi connectivity index (χ0v) is 11.2. The Hall–Kier alpha value is -1.90. The van der Waals surface area contributed by atoms with Gasteiger partial charge in [-0.05, 0) is 18.2 Å². The first-order valence-corrected chi connectivity index (χ1v) is 5.86. The Bertz CT molecular complexity index is 540. The molecule has 0 spiro atoms. The summed E-state index contributed by atoms with van der Waals surface area (Å²) in [7, 11) is 0. The van der Waals surface area contributed by atoms with Crippen molar-refractivity contribution in [1.29, 1.82) is 0 Å². The molecule has 5 nitrogen and oxygen atoms in total. The number of hydrogen-bond acceptors (Lipinski definition) is 2. The molecule has 0 aromatic heterocycles. The van der Waals surface area contributed by atoms with Crippen LogP contribution in [-0.2, 0) is 4.79 Å². The quantitative estimate of drug-likeness (QED) is 0.840. The molecule has 2 amide bonds. The molecule has 0 saturated carbocycles. The fraction of sp³-hybridized carbons (Fsp3) is 0.167. The molecule has 0 aliphatic rings.